The summed E-state index contributed by atoms with van der Waals surface area (Å²) in [6.07, 6.45) is 0. The van der Waals surface area contributed by atoms with E-state index in [1.807, 2.05) is 47.8 Å². The van der Waals surface area contributed by atoms with Crippen molar-refractivity contribution in [1.29, 1.82) is 0 Å². The molecule has 0 aliphatic heterocycles. The molecule has 3 aromatic rings. The van der Waals surface area contributed by atoms with Gasteiger partial charge in [-0.25, -0.2) is 4.98 Å². The number of para-hydroxylation sites is 1. The zero-order valence-electron chi connectivity index (χ0n) is 10.4. The predicted octanol–water partition coefficient (Wildman–Crippen LogP) is 3.32. The van der Waals surface area contributed by atoms with Gasteiger partial charge in [-0.1, -0.05) is 24.3 Å². The maximum atomic E-state index is 12.0. The van der Waals surface area contributed by atoms with Crippen LogP contribution >= 0.6 is 11.3 Å². The molecule has 0 unspecified atom stereocenters. The summed E-state index contributed by atoms with van der Waals surface area (Å²) in [5, 5.41) is 5.57. The average Bonchev–Trinajstić information content (AvgIpc) is 2.99. The summed E-state index contributed by atoms with van der Waals surface area (Å²) in [6.45, 7) is 0. The Labute approximate surface area is 114 Å². The highest BCUT2D eigenvalue weighted by Crippen LogP contribution is 2.27. The van der Waals surface area contributed by atoms with Gasteiger partial charge in [-0.05, 0) is 23.6 Å². The summed E-state index contributed by atoms with van der Waals surface area (Å²) < 4.78 is 0. The van der Waals surface area contributed by atoms with Gasteiger partial charge in [-0.2, -0.15) is 0 Å². The largest absolute Gasteiger partial charge is 0.355 e. The maximum absolute atomic E-state index is 12.0. The molecule has 3 nitrogen and oxygen atoms in total. The third-order valence-electron chi connectivity index (χ3n) is 2.96. The molecule has 0 saturated carbocycles. The van der Waals surface area contributed by atoms with Crippen LogP contribution in [-0.4, -0.2) is 17.9 Å². The third-order valence-corrected chi connectivity index (χ3v) is 3.85. The fourth-order valence-corrected chi connectivity index (χ4v) is 2.73. The van der Waals surface area contributed by atoms with Crippen molar-refractivity contribution in [1.82, 2.24) is 10.3 Å². The molecule has 0 spiro atoms. The zero-order valence-corrected chi connectivity index (χ0v) is 11.2. The number of carbonyl (C=O) groups excluding carboxylic acids is 1. The second-order valence-electron chi connectivity index (χ2n) is 4.13. The highest BCUT2D eigenvalue weighted by atomic mass is 32.1. The van der Waals surface area contributed by atoms with Crippen molar-refractivity contribution in [3.05, 3.63) is 53.4 Å². The summed E-state index contributed by atoms with van der Waals surface area (Å²) in [5.41, 5.74) is 2.34. The highest BCUT2D eigenvalue weighted by Gasteiger charge is 2.12. The fourth-order valence-electron chi connectivity index (χ4n) is 2.05. The predicted molar refractivity (Wildman–Crippen MR) is 78.4 cm³/mol. The lowest BCUT2D eigenvalue weighted by molar-refractivity contribution is 0.0964. The van der Waals surface area contributed by atoms with Gasteiger partial charge in [0.05, 0.1) is 21.7 Å². The Morgan fingerprint density at radius 2 is 2.05 bits per heavy atom. The van der Waals surface area contributed by atoms with Crippen LogP contribution in [-0.2, 0) is 0 Å². The molecular formula is C15H12N2OS. The Morgan fingerprint density at radius 3 is 2.79 bits per heavy atom. The van der Waals surface area contributed by atoms with Crippen LogP contribution < -0.4 is 5.32 Å². The Hall–Kier alpha value is -2.20. The molecule has 1 amide bonds. The van der Waals surface area contributed by atoms with E-state index in [1.54, 1.807) is 18.4 Å². The van der Waals surface area contributed by atoms with Gasteiger partial charge in [-0.15, -0.1) is 11.3 Å². The van der Waals surface area contributed by atoms with Crippen molar-refractivity contribution in [2.24, 2.45) is 0 Å². The Morgan fingerprint density at radius 1 is 1.21 bits per heavy atom. The van der Waals surface area contributed by atoms with E-state index in [9.17, 15) is 4.79 Å². The summed E-state index contributed by atoms with van der Waals surface area (Å²) in [5.74, 6) is -0.0867. The van der Waals surface area contributed by atoms with Gasteiger partial charge in [-0.3, -0.25) is 4.79 Å². The molecule has 0 fully saturated rings. The molecule has 1 aromatic carbocycles. The minimum atomic E-state index is -0.0867. The average molecular weight is 268 g/mol. The van der Waals surface area contributed by atoms with Crippen molar-refractivity contribution in [2.45, 2.75) is 0 Å². The van der Waals surface area contributed by atoms with Crippen LogP contribution in [0.15, 0.2) is 47.8 Å². The van der Waals surface area contributed by atoms with Crippen LogP contribution in [0.25, 0.3) is 21.5 Å². The second-order valence-corrected chi connectivity index (χ2v) is 5.08. The fraction of sp³-hybridized carbons (Fsp3) is 0.0667. The molecule has 94 valence electrons. The highest BCUT2D eigenvalue weighted by molar-refractivity contribution is 7.13. The molecule has 4 heteroatoms. The first-order valence-corrected chi connectivity index (χ1v) is 6.83. The number of nitrogens with one attached hydrogen (secondary N) is 1. The molecule has 0 atom stereocenters. The van der Waals surface area contributed by atoms with Crippen molar-refractivity contribution in [3.8, 4) is 10.6 Å². The Kier molecular flexibility index (Phi) is 3.01. The SMILES string of the molecule is CNC(=O)c1cc(-c2cccs2)nc2ccccc12. The Balaban J connectivity index is 2.29. The summed E-state index contributed by atoms with van der Waals surface area (Å²) in [6, 6.07) is 13.5. The number of pyridine rings is 1. The molecule has 3 rings (SSSR count). The minimum Gasteiger partial charge on any atom is -0.355 e. The molecule has 2 heterocycles. The van der Waals surface area contributed by atoms with E-state index in [4.69, 9.17) is 0 Å². The number of rotatable bonds is 2. The van der Waals surface area contributed by atoms with Gasteiger partial charge in [0.15, 0.2) is 0 Å². The number of carbonyl (C=O) groups is 1. The molecule has 0 aliphatic rings. The molecule has 0 saturated heterocycles. The second kappa shape index (κ2) is 4.82. The number of hydrogen-bond donors (Lipinski definition) is 1. The standard InChI is InChI=1S/C15H12N2OS/c1-16-15(18)11-9-13(14-7-4-8-19-14)17-12-6-3-2-5-10(11)12/h2-9H,1H3,(H,16,18). The first-order chi connectivity index (χ1) is 9.29. The van der Waals surface area contributed by atoms with E-state index in [0.29, 0.717) is 5.56 Å². The van der Waals surface area contributed by atoms with Gasteiger partial charge in [0.2, 0.25) is 0 Å². The molecule has 2 aromatic heterocycles. The molecule has 19 heavy (non-hydrogen) atoms. The van der Waals surface area contributed by atoms with E-state index < -0.39 is 0 Å². The quantitative estimate of drug-likeness (QED) is 0.774. The first kappa shape index (κ1) is 11.9. The number of benzene rings is 1. The number of fused-ring (bicyclic) bond motifs is 1. The number of thiophene rings is 1. The van der Waals surface area contributed by atoms with Crippen molar-refractivity contribution >= 4 is 28.1 Å². The van der Waals surface area contributed by atoms with Crippen molar-refractivity contribution in [3.63, 3.8) is 0 Å². The first-order valence-electron chi connectivity index (χ1n) is 5.95. The number of nitrogens with zero attached hydrogens (tertiary/aromatic N) is 1. The van der Waals surface area contributed by atoms with E-state index in [0.717, 1.165) is 21.5 Å². The van der Waals surface area contributed by atoms with Gasteiger partial charge < -0.3 is 5.32 Å². The van der Waals surface area contributed by atoms with Gasteiger partial charge in [0.25, 0.3) is 5.91 Å². The molecule has 0 aliphatic carbocycles. The zero-order chi connectivity index (χ0) is 13.2. The summed E-state index contributed by atoms with van der Waals surface area (Å²) >= 11 is 1.62. The lowest BCUT2D eigenvalue weighted by Crippen LogP contribution is -2.18. The van der Waals surface area contributed by atoms with Crippen LogP contribution in [0.5, 0.6) is 0 Å². The number of amides is 1. The minimum absolute atomic E-state index is 0.0867. The van der Waals surface area contributed by atoms with Crippen LogP contribution in [0.4, 0.5) is 0 Å². The molecule has 0 bridgehead atoms. The number of hydrogen-bond acceptors (Lipinski definition) is 3. The van der Waals surface area contributed by atoms with Crippen molar-refractivity contribution < 1.29 is 4.79 Å². The van der Waals surface area contributed by atoms with Crippen LogP contribution in [0.2, 0.25) is 0 Å². The lowest BCUT2D eigenvalue weighted by Gasteiger charge is -2.07. The van der Waals surface area contributed by atoms with Crippen LogP contribution in [0, 0.1) is 0 Å². The van der Waals surface area contributed by atoms with Gasteiger partial charge >= 0.3 is 0 Å². The summed E-state index contributed by atoms with van der Waals surface area (Å²) in [7, 11) is 1.64. The summed E-state index contributed by atoms with van der Waals surface area (Å²) in [4.78, 5) is 17.7. The van der Waals surface area contributed by atoms with E-state index in [-0.39, 0.29) is 5.91 Å². The van der Waals surface area contributed by atoms with Crippen LogP contribution in [0.3, 0.4) is 0 Å². The van der Waals surface area contributed by atoms with E-state index in [1.165, 1.54) is 0 Å². The molecule has 0 radical (unpaired) electrons. The van der Waals surface area contributed by atoms with E-state index in [2.05, 4.69) is 10.3 Å². The third kappa shape index (κ3) is 2.11. The maximum Gasteiger partial charge on any atom is 0.251 e. The Bertz CT molecular complexity index is 735. The van der Waals surface area contributed by atoms with Crippen LogP contribution in [0.1, 0.15) is 10.4 Å². The number of aromatic nitrogens is 1. The lowest BCUT2D eigenvalue weighted by atomic mass is 10.1. The van der Waals surface area contributed by atoms with Gasteiger partial charge in [0.1, 0.15) is 0 Å². The normalized spacial score (nSPS) is 10.6. The smallest absolute Gasteiger partial charge is 0.251 e. The topological polar surface area (TPSA) is 42.0 Å². The van der Waals surface area contributed by atoms with Gasteiger partial charge in [0, 0.05) is 12.4 Å². The van der Waals surface area contributed by atoms with E-state index >= 15 is 0 Å². The monoisotopic (exact) mass is 268 g/mol. The molecular weight excluding hydrogens is 256 g/mol. The molecule has 1 N–H and O–H groups in total. The van der Waals surface area contributed by atoms with Crippen molar-refractivity contribution in [2.75, 3.05) is 7.05 Å².